The highest BCUT2D eigenvalue weighted by Crippen LogP contribution is 2.51. The maximum absolute atomic E-state index is 2.70. The van der Waals surface area contributed by atoms with E-state index in [2.05, 4.69) is 207 Å². The summed E-state index contributed by atoms with van der Waals surface area (Å²) in [5.74, 6) is 0. The predicted molar refractivity (Wildman–Crippen MR) is 273 cm³/mol. The van der Waals surface area contributed by atoms with Gasteiger partial charge in [-0.3, -0.25) is 0 Å². The summed E-state index contributed by atoms with van der Waals surface area (Å²) in [5, 5.41) is 2.83. The Bertz CT molecular complexity index is 3010. The van der Waals surface area contributed by atoms with E-state index in [1.165, 1.54) is 118 Å². The Morgan fingerprint density at radius 2 is 1.03 bits per heavy atom. The summed E-state index contributed by atoms with van der Waals surface area (Å²) in [4.78, 5) is 5.40. The predicted octanol–water partition coefficient (Wildman–Crippen LogP) is 14.1. The molecular weight excluding hydrogens is 759 g/mol. The van der Waals surface area contributed by atoms with Crippen LogP contribution in [-0.4, -0.2) is 6.71 Å². The molecule has 11 rings (SSSR count). The fourth-order valence-corrected chi connectivity index (χ4v) is 11.6. The molecule has 0 amide bonds. The third-order valence-electron chi connectivity index (χ3n) is 15.0. The second-order valence-electron chi connectivity index (χ2n) is 23.3. The van der Waals surface area contributed by atoms with E-state index in [0.717, 1.165) is 25.7 Å². The van der Waals surface area contributed by atoms with Crippen LogP contribution >= 0.6 is 0 Å². The number of hydrogen-bond donors (Lipinski definition) is 0. The summed E-state index contributed by atoms with van der Waals surface area (Å²) in [6, 6.07) is 48.4. The quantitative estimate of drug-likeness (QED) is 0.164. The van der Waals surface area contributed by atoms with Crippen LogP contribution in [0.4, 0.5) is 34.1 Å². The molecule has 316 valence electrons. The van der Waals surface area contributed by atoms with Crippen LogP contribution in [0.25, 0.3) is 21.9 Å². The van der Waals surface area contributed by atoms with Crippen molar-refractivity contribution in [3.05, 3.63) is 160 Å². The molecule has 7 aromatic carbocycles. The molecule has 0 aromatic heterocycles. The van der Waals surface area contributed by atoms with Crippen molar-refractivity contribution in [2.45, 2.75) is 125 Å². The van der Waals surface area contributed by atoms with E-state index < -0.39 is 0 Å². The van der Waals surface area contributed by atoms with Crippen molar-refractivity contribution in [2.75, 3.05) is 9.80 Å². The van der Waals surface area contributed by atoms with Crippen LogP contribution in [0.5, 0.6) is 0 Å². The second kappa shape index (κ2) is 13.7. The van der Waals surface area contributed by atoms with Gasteiger partial charge in [0.05, 0.1) is 11.4 Å². The topological polar surface area (TPSA) is 6.48 Å². The summed E-state index contributed by atoms with van der Waals surface area (Å²) in [5.41, 5.74) is 24.6. The number of hydrogen-bond acceptors (Lipinski definition) is 2. The smallest absolute Gasteiger partial charge is 0.252 e. The van der Waals surface area contributed by atoms with Crippen LogP contribution in [-0.2, 0) is 41.9 Å². The standard InChI is InChI=1S/C60H63BN2/c1-57(2,3)42-25-28-50(46(31-42)37-17-13-12-14-18-37)63-51-30-41-36-60(10,11)35-40(41)29-48(51)61-47-26-24-43(58(4,5)6)32-52(47)62(53-33-44(59(7,8)9)34-54(63)56(53)61)49-27-23-39-20-15-19-38-21-16-22-45(49)55(38)39/h12-14,16-18,21-34H,15,19-20,35-36H2,1-11H3. The Kier molecular flexibility index (Phi) is 8.77. The minimum absolute atomic E-state index is 0.000532. The van der Waals surface area contributed by atoms with Crippen molar-refractivity contribution in [2.24, 2.45) is 5.41 Å². The molecule has 2 aliphatic heterocycles. The summed E-state index contributed by atoms with van der Waals surface area (Å²) in [6.07, 6.45) is 5.68. The number of anilines is 6. The van der Waals surface area contributed by atoms with E-state index in [1.807, 2.05) is 0 Å². The second-order valence-corrected chi connectivity index (χ2v) is 23.3. The van der Waals surface area contributed by atoms with Crippen molar-refractivity contribution in [3.63, 3.8) is 0 Å². The van der Waals surface area contributed by atoms with Gasteiger partial charge in [0.25, 0.3) is 6.71 Å². The van der Waals surface area contributed by atoms with E-state index in [1.54, 1.807) is 0 Å². The van der Waals surface area contributed by atoms with Crippen LogP contribution in [0.2, 0.25) is 0 Å². The van der Waals surface area contributed by atoms with Gasteiger partial charge in [0.1, 0.15) is 0 Å². The van der Waals surface area contributed by atoms with Crippen LogP contribution in [0, 0.1) is 5.41 Å². The molecule has 0 unspecified atom stereocenters. The number of aryl methyl sites for hydroxylation is 2. The first-order chi connectivity index (χ1) is 29.9. The molecule has 63 heavy (non-hydrogen) atoms. The first kappa shape index (κ1) is 40.3. The van der Waals surface area contributed by atoms with Gasteiger partial charge in [-0.1, -0.05) is 155 Å². The monoisotopic (exact) mass is 823 g/mol. The molecule has 0 radical (unpaired) electrons. The highest BCUT2D eigenvalue weighted by atomic mass is 15.2. The van der Waals surface area contributed by atoms with E-state index in [0.29, 0.717) is 0 Å². The summed E-state index contributed by atoms with van der Waals surface area (Å²) in [7, 11) is 0. The number of fused-ring (bicyclic) bond motifs is 5. The largest absolute Gasteiger partial charge is 0.311 e. The van der Waals surface area contributed by atoms with Crippen LogP contribution in [0.3, 0.4) is 0 Å². The van der Waals surface area contributed by atoms with Gasteiger partial charge in [0.15, 0.2) is 0 Å². The lowest BCUT2D eigenvalue weighted by Crippen LogP contribution is -2.61. The zero-order chi connectivity index (χ0) is 44.0. The number of rotatable bonds is 3. The lowest BCUT2D eigenvalue weighted by atomic mass is 9.33. The first-order valence-electron chi connectivity index (χ1n) is 23.7. The van der Waals surface area contributed by atoms with Gasteiger partial charge in [-0.05, 0) is 163 Å². The Labute approximate surface area is 377 Å². The number of benzene rings is 7. The van der Waals surface area contributed by atoms with E-state index >= 15 is 0 Å². The van der Waals surface area contributed by atoms with Crippen molar-refractivity contribution < 1.29 is 0 Å². The molecule has 0 atom stereocenters. The fourth-order valence-electron chi connectivity index (χ4n) is 11.6. The maximum atomic E-state index is 2.70. The zero-order valence-corrected chi connectivity index (χ0v) is 39.6. The van der Waals surface area contributed by atoms with Gasteiger partial charge in [-0.2, -0.15) is 0 Å². The van der Waals surface area contributed by atoms with E-state index in [4.69, 9.17) is 0 Å². The van der Waals surface area contributed by atoms with Gasteiger partial charge in [0.2, 0.25) is 0 Å². The third-order valence-corrected chi connectivity index (χ3v) is 15.0. The molecular formula is C60H63BN2. The van der Waals surface area contributed by atoms with Crippen LogP contribution in [0.1, 0.15) is 122 Å². The van der Waals surface area contributed by atoms with Gasteiger partial charge in [-0.15, -0.1) is 0 Å². The Balaban J connectivity index is 1.29. The number of nitrogens with zero attached hydrogens (tertiary/aromatic N) is 2. The fraction of sp³-hybridized carbons (Fsp3) is 0.333. The average Bonchev–Trinajstić information content (AvgIpc) is 3.55. The molecule has 2 aliphatic carbocycles. The minimum atomic E-state index is -0.105. The molecule has 0 saturated heterocycles. The van der Waals surface area contributed by atoms with E-state index in [-0.39, 0.29) is 28.4 Å². The van der Waals surface area contributed by atoms with Crippen LogP contribution in [0.15, 0.2) is 121 Å². The molecule has 2 nitrogen and oxygen atoms in total. The highest BCUT2D eigenvalue weighted by Gasteiger charge is 2.46. The van der Waals surface area contributed by atoms with Gasteiger partial charge < -0.3 is 9.80 Å². The van der Waals surface area contributed by atoms with E-state index in [9.17, 15) is 0 Å². The lowest BCUT2D eigenvalue weighted by Gasteiger charge is -2.46. The maximum Gasteiger partial charge on any atom is 0.252 e. The summed E-state index contributed by atoms with van der Waals surface area (Å²) in [6.45, 7) is 26.3. The SMILES string of the molecule is CC1(C)Cc2cc3c(cc2C1)N(c1ccc(C(C)(C)C)cc1-c1ccccc1)c1cc(C(C)(C)C)cc2c1B3c1ccc(C(C)(C)C)cc1N2c1ccc2c3c(cccc13)CCC2. The Morgan fingerprint density at radius 3 is 1.71 bits per heavy atom. The van der Waals surface area contributed by atoms with Crippen LogP contribution < -0.4 is 26.2 Å². The van der Waals surface area contributed by atoms with Crippen molar-refractivity contribution >= 4 is 68.0 Å². The lowest BCUT2D eigenvalue weighted by molar-refractivity contribution is 0.392. The highest BCUT2D eigenvalue weighted by molar-refractivity contribution is 7.00. The molecule has 4 aliphatic rings. The minimum Gasteiger partial charge on any atom is -0.311 e. The molecule has 0 spiro atoms. The molecule has 0 N–H and O–H groups in total. The molecule has 0 bridgehead atoms. The summed E-state index contributed by atoms with van der Waals surface area (Å²) >= 11 is 0. The Hall–Kier alpha value is -5.54. The molecule has 3 heteroatoms. The molecule has 0 saturated carbocycles. The van der Waals surface area contributed by atoms with Crippen molar-refractivity contribution in [3.8, 4) is 11.1 Å². The first-order valence-corrected chi connectivity index (χ1v) is 23.7. The third kappa shape index (κ3) is 6.42. The van der Waals surface area contributed by atoms with Gasteiger partial charge in [0, 0.05) is 33.7 Å². The molecule has 0 fully saturated rings. The average molecular weight is 823 g/mol. The molecule has 2 heterocycles. The van der Waals surface area contributed by atoms with Crippen molar-refractivity contribution in [1.82, 2.24) is 0 Å². The zero-order valence-electron chi connectivity index (χ0n) is 39.6. The van der Waals surface area contributed by atoms with Crippen molar-refractivity contribution in [1.29, 1.82) is 0 Å². The Morgan fingerprint density at radius 1 is 0.460 bits per heavy atom. The summed E-state index contributed by atoms with van der Waals surface area (Å²) < 4.78 is 0. The normalized spacial score (nSPS) is 16.2. The van der Waals surface area contributed by atoms with Gasteiger partial charge >= 0.3 is 0 Å². The molecule has 7 aromatic rings. The van der Waals surface area contributed by atoms with Gasteiger partial charge in [-0.25, -0.2) is 0 Å².